The Morgan fingerprint density at radius 1 is 1.26 bits per heavy atom. The summed E-state index contributed by atoms with van der Waals surface area (Å²) in [4.78, 5) is 16.4. The number of nitrogens with zero attached hydrogens (tertiary/aromatic N) is 1. The monoisotopic (exact) mass is 383 g/mol. The minimum absolute atomic E-state index is 0.108. The molecule has 0 bridgehead atoms. The summed E-state index contributed by atoms with van der Waals surface area (Å²) in [6, 6.07) is 13.1. The Hall–Kier alpha value is -2.93. The third-order valence-corrected chi connectivity index (χ3v) is 4.20. The maximum atomic E-state index is 11.8. The number of carbonyl (C=O) groups excluding carboxylic acids is 1. The molecule has 1 aromatic heterocycles. The number of anilines is 1. The maximum absolute atomic E-state index is 11.8. The van der Waals surface area contributed by atoms with E-state index >= 15 is 0 Å². The number of thiocarbonyl (C=S) groups is 1. The van der Waals surface area contributed by atoms with Crippen LogP contribution in [0.2, 0.25) is 0 Å². The van der Waals surface area contributed by atoms with E-state index < -0.39 is 0 Å². The van der Waals surface area contributed by atoms with Gasteiger partial charge in [0.05, 0.1) is 12.8 Å². The van der Waals surface area contributed by atoms with Crippen LogP contribution in [0.1, 0.15) is 26.2 Å². The molecule has 27 heavy (non-hydrogen) atoms. The summed E-state index contributed by atoms with van der Waals surface area (Å²) in [6.07, 6.45) is 2.22. The van der Waals surface area contributed by atoms with E-state index in [9.17, 15) is 4.79 Å². The van der Waals surface area contributed by atoms with Gasteiger partial charge >= 0.3 is 0 Å². The molecule has 0 fully saturated rings. The largest absolute Gasteiger partial charge is 0.495 e. The molecule has 0 saturated heterocycles. The van der Waals surface area contributed by atoms with Gasteiger partial charge in [-0.1, -0.05) is 25.5 Å². The number of aromatic nitrogens is 1. The number of carbonyl (C=O) groups is 1. The van der Waals surface area contributed by atoms with Crippen molar-refractivity contribution in [3.05, 3.63) is 42.5 Å². The average Bonchev–Trinajstić information content (AvgIpc) is 3.10. The first kappa shape index (κ1) is 18.8. The minimum atomic E-state index is -0.108. The highest BCUT2D eigenvalue weighted by Crippen LogP contribution is 2.31. The average molecular weight is 383 g/mol. The normalized spacial score (nSPS) is 10.6. The zero-order chi connectivity index (χ0) is 19.2. The number of unbranched alkanes of at least 4 members (excludes halogenated alkanes) is 1. The Morgan fingerprint density at radius 2 is 2.07 bits per heavy atom. The van der Waals surface area contributed by atoms with Crippen LogP contribution in [0.3, 0.4) is 0 Å². The summed E-state index contributed by atoms with van der Waals surface area (Å²) in [5.74, 6) is 0.989. The van der Waals surface area contributed by atoms with E-state index in [1.165, 1.54) is 0 Å². The first-order valence-corrected chi connectivity index (χ1v) is 9.16. The fourth-order valence-corrected chi connectivity index (χ4v) is 2.84. The highest BCUT2D eigenvalue weighted by atomic mass is 32.1. The molecule has 3 aromatic rings. The molecule has 1 heterocycles. The molecule has 0 atom stereocenters. The van der Waals surface area contributed by atoms with Gasteiger partial charge in [0.1, 0.15) is 11.3 Å². The number of ether oxygens (including phenoxy) is 1. The Labute approximate surface area is 162 Å². The molecule has 0 aliphatic rings. The van der Waals surface area contributed by atoms with E-state index in [0.717, 1.165) is 29.5 Å². The predicted molar refractivity (Wildman–Crippen MR) is 110 cm³/mol. The summed E-state index contributed by atoms with van der Waals surface area (Å²) in [5.41, 5.74) is 2.90. The van der Waals surface area contributed by atoms with Crippen molar-refractivity contribution in [1.29, 1.82) is 0 Å². The number of nitrogens with one attached hydrogen (secondary N) is 2. The van der Waals surface area contributed by atoms with Crippen molar-refractivity contribution in [3.8, 4) is 17.2 Å². The maximum Gasteiger partial charge on any atom is 0.227 e. The number of amides is 1. The number of hydrogen-bond donors (Lipinski definition) is 2. The number of benzene rings is 2. The number of hydrogen-bond acceptors (Lipinski definition) is 5. The lowest BCUT2D eigenvalue weighted by atomic mass is 10.2. The third-order valence-electron chi connectivity index (χ3n) is 4.00. The zero-order valence-corrected chi connectivity index (χ0v) is 16.1. The molecule has 2 aromatic carbocycles. The molecule has 0 unspecified atom stereocenters. The van der Waals surface area contributed by atoms with E-state index in [2.05, 4.69) is 15.6 Å². The summed E-state index contributed by atoms with van der Waals surface area (Å²) >= 11 is 5.24. The molecule has 2 N–H and O–H groups in total. The van der Waals surface area contributed by atoms with E-state index in [4.69, 9.17) is 21.4 Å². The van der Waals surface area contributed by atoms with Crippen molar-refractivity contribution in [3.63, 3.8) is 0 Å². The van der Waals surface area contributed by atoms with Crippen molar-refractivity contribution in [2.75, 3.05) is 12.4 Å². The summed E-state index contributed by atoms with van der Waals surface area (Å²) in [5, 5.41) is 5.93. The van der Waals surface area contributed by atoms with Gasteiger partial charge in [-0.15, -0.1) is 0 Å². The molecule has 0 radical (unpaired) electrons. The van der Waals surface area contributed by atoms with Gasteiger partial charge in [0.15, 0.2) is 10.7 Å². The number of rotatable bonds is 6. The van der Waals surface area contributed by atoms with Crippen molar-refractivity contribution < 1.29 is 13.9 Å². The van der Waals surface area contributed by atoms with Gasteiger partial charge in [0.2, 0.25) is 11.8 Å². The van der Waals surface area contributed by atoms with Crippen molar-refractivity contribution in [2.45, 2.75) is 26.2 Å². The van der Waals surface area contributed by atoms with Gasteiger partial charge in [-0.05, 0) is 49.0 Å². The minimum Gasteiger partial charge on any atom is -0.495 e. The standard InChI is InChI=1S/C20H21N3O3S/c1-3-4-9-18(24)23-20(27)22-15-12-13(10-11-16(15)25-2)19-21-14-7-5-6-8-17(14)26-19/h5-8,10-12H,3-4,9H2,1-2H3,(H2,22,23,24,27). The Bertz CT molecular complexity index is 935. The first-order valence-electron chi connectivity index (χ1n) is 8.75. The van der Waals surface area contributed by atoms with Crippen molar-refractivity contribution in [2.24, 2.45) is 0 Å². The van der Waals surface area contributed by atoms with E-state index in [1.54, 1.807) is 13.2 Å². The van der Waals surface area contributed by atoms with Crippen LogP contribution in [0.15, 0.2) is 46.9 Å². The summed E-state index contributed by atoms with van der Waals surface area (Å²) < 4.78 is 11.2. The first-order chi connectivity index (χ1) is 13.1. The smallest absolute Gasteiger partial charge is 0.227 e. The van der Waals surface area contributed by atoms with Crippen LogP contribution >= 0.6 is 12.2 Å². The molecule has 6 nitrogen and oxygen atoms in total. The molecule has 3 rings (SSSR count). The van der Waals surface area contributed by atoms with Crippen LogP contribution in [0, 0.1) is 0 Å². The fraction of sp³-hybridized carbons (Fsp3) is 0.250. The molecular weight excluding hydrogens is 362 g/mol. The van der Waals surface area contributed by atoms with Crippen LogP contribution in [-0.4, -0.2) is 23.1 Å². The quantitative estimate of drug-likeness (QED) is 0.610. The Balaban J connectivity index is 1.81. The van der Waals surface area contributed by atoms with Crippen LogP contribution in [0.4, 0.5) is 5.69 Å². The van der Waals surface area contributed by atoms with E-state index in [1.807, 2.05) is 43.3 Å². The second kappa shape index (κ2) is 8.64. The lowest BCUT2D eigenvalue weighted by molar-refractivity contribution is -0.119. The topological polar surface area (TPSA) is 76.4 Å². The summed E-state index contributed by atoms with van der Waals surface area (Å²) in [7, 11) is 1.57. The number of oxazole rings is 1. The molecule has 1 amide bonds. The van der Waals surface area contributed by atoms with Crippen LogP contribution in [0.25, 0.3) is 22.6 Å². The van der Waals surface area contributed by atoms with Gasteiger partial charge < -0.3 is 19.8 Å². The van der Waals surface area contributed by atoms with Gasteiger partial charge in [-0.2, -0.15) is 0 Å². The van der Waals surface area contributed by atoms with Crippen molar-refractivity contribution >= 4 is 40.0 Å². The molecule has 140 valence electrons. The molecule has 0 spiro atoms. The van der Waals surface area contributed by atoms with Crippen LogP contribution < -0.4 is 15.4 Å². The molecular formula is C20H21N3O3S. The van der Waals surface area contributed by atoms with Gasteiger partial charge in [0, 0.05) is 12.0 Å². The number of fused-ring (bicyclic) bond motifs is 1. The number of para-hydroxylation sites is 2. The Morgan fingerprint density at radius 3 is 2.81 bits per heavy atom. The third kappa shape index (κ3) is 4.62. The Kier molecular flexibility index (Phi) is 6.03. The van der Waals surface area contributed by atoms with Gasteiger partial charge in [-0.3, -0.25) is 4.79 Å². The number of methoxy groups -OCH3 is 1. The fourth-order valence-electron chi connectivity index (χ4n) is 2.61. The summed E-state index contributed by atoms with van der Waals surface area (Å²) in [6.45, 7) is 2.03. The highest BCUT2D eigenvalue weighted by Gasteiger charge is 2.13. The molecule has 7 heteroatoms. The van der Waals surface area contributed by atoms with Crippen molar-refractivity contribution in [1.82, 2.24) is 10.3 Å². The lowest BCUT2D eigenvalue weighted by Gasteiger charge is -2.13. The van der Waals surface area contributed by atoms with E-state index in [0.29, 0.717) is 23.7 Å². The SMILES string of the molecule is CCCCC(=O)NC(=S)Nc1cc(-c2nc3ccccc3o2)ccc1OC. The second-order valence-corrected chi connectivity index (χ2v) is 6.42. The van der Waals surface area contributed by atoms with Crippen LogP contribution in [-0.2, 0) is 4.79 Å². The highest BCUT2D eigenvalue weighted by molar-refractivity contribution is 7.80. The molecule has 0 saturated carbocycles. The second-order valence-electron chi connectivity index (χ2n) is 6.01. The van der Waals surface area contributed by atoms with E-state index in [-0.39, 0.29) is 11.0 Å². The molecule has 0 aliphatic heterocycles. The molecule has 0 aliphatic carbocycles. The zero-order valence-electron chi connectivity index (χ0n) is 15.2. The van der Waals surface area contributed by atoms with Gasteiger partial charge in [-0.25, -0.2) is 4.98 Å². The lowest BCUT2D eigenvalue weighted by Crippen LogP contribution is -2.34. The predicted octanol–water partition coefficient (Wildman–Crippen LogP) is 4.51. The van der Waals surface area contributed by atoms with Crippen LogP contribution in [0.5, 0.6) is 5.75 Å². The van der Waals surface area contributed by atoms with Gasteiger partial charge in [0.25, 0.3) is 0 Å².